The molecule has 3 nitrogen and oxygen atoms in total. The molecule has 2 heterocycles. The number of nitrogens with one attached hydrogen (secondary N) is 1. The van der Waals surface area contributed by atoms with Gasteiger partial charge in [0.05, 0.1) is 11.6 Å². The lowest BCUT2D eigenvalue weighted by Crippen LogP contribution is -2.19. The molecule has 0 aliphatic carbocycles. The summed E-state index contributed by atoms with van der Waals surface area (Å²) in [5.74, 6) is 0. The highest BCUT2D eigenvalue weighted by Crippen LogP contribution is 2.26. The molecule has 3 heteroatoms. The Balaban J connectivity index is 2.09. The van der Waals surface area contributed by atoms with E-state index in [4.69, 9.17) is 0 Å². The quantitative estimate of drug-likeness (QED) is 0.795. The molecule has 1 aromatic carbocycles. The molecule has 106 valence electrons. The van der Waals surface area contributed by atoms with Gasteiger partial charge in [0.1, 0.15) is 0 Å². The van der Waals surface area contributed by atoms with Crippen molar-refractivity contribution in [3.8, 4) is 0 Å². The molecule has 3 aromatic rings. The SMILES string of the molecule is CNC(c1ccc2cccnc2c1)c1ccc(C)nc1C. The van der Waals surface area contributed by atoms with Gasteiger partial charge in [-0.2, -0.15) is 0 Å². The van der Waals surface area contributed by atoms with Crippen molar-refractivity contribution in [2.45, 2.75) is 19.9 Å². The minimum absolute atomic E-state index is 0.129. The van der Waals surface area contributed by atoms with E-state index in [0.717, 1.165) is 22.3 Å². The lowest BCUT2D eigenvalue weighted by Gasteiger charge is -2.19. The Kier molecular flexibility index (Phi) is 3.67. The molecule has 1 atom stereocenters. The van der Waals surface area contributed by atoms with Crippen LogP contribution < -0.4 is 5.32 Å². The van der Waals surface area contributed by atoms with Gasteiger partial charge in [-0.25, -0.2) is 0 Å². The van der Waals surface area contributed by atoms with E-state index in [9.17, 15) is 0 Å². The maximum absolute atomic E-state index is 4.57. The summed E-state index contributed by atoms with van der Waals surface area (Å²) in [6.45, 7) is 4.08. The highest BCUT2D eigenvalue weighted by molar-refractivity contribution is 5.79. The summed E-state index contributed by atoms with van der Waals surface area (Å²) in [7, 11) is 1.98. The van der Waals surface area contributed by atoms with E-state index >= 15 is 0 Å². The number of pyridine rings is 2. The molecule has 1 unspecified atom stereocenters. The molecule has 0 saturated carbocycles. The third-order valence-corrected chi connectivity index (χ3v) is 3.83. The first-order valence-corrected chi connectivity index (χ1v) is 7.15. The number of aryl methyl sites for hydroxylation is 2. The van der Waals surface area contributed by atoms with E-state index in [0.29, 0.717) is 0 Å². The van der Waals surface area contributed by atoms with E-state index in [-0.39, 0.29) is 6.04 Å². The van der Waals surface area contributed by atoms with Crippen molar-refractivity contribution in [2.24, 2.45) is 0 Å². The molecule has 0 saturated heterocycles. The molecule has 0 fully saturated rings. The maximum Gasteiger partial charge on any atom is 0.0705 e. The predicted octanol–water partition coefficient (Wildman–Crippen LogP) is 3.56. The Morgan fingerprint density at radius 3 is 2.67 bits per heavy atom. The number of fused-ring (bicyclic) bond motifs is 1. The number of aromatic nitrogens is 2. The summed E-state index contributed by atoms with van der Waals surface area (Å²) in [5.41, 5.74) is 5.55. The van der Waals surface area contributed by atoms with Gasteiger partial charge in [0.25, 0.3) is 0 Å². The molecule has 0 spiro atoms. The van der Waals surface area contributed by atoms with E-state index < -0.39 is 0 Å². The van der Waals surface area contributed by atoms with Crippen molar-refractivity contribution >= 4 is 10.9 Å². The van der Waals surface area contributed by atoms with Crippen LogP contribution in [0.4, 0.5) is 0 Å². The van der Waals surface area contributed by atoms with Gasteiger partial charge in [0.2, 0.25) is 0 Å². The molecule has 21 heavy (non-hydrogen) atoms. The van der Waals surface area contributed by atoms with Crippen LogP contribution in [0.1, 0.15) is 28.6 Å². The van der Waals surface area contributed by atoms with Gasteiger partial charge < -0.3 is 5.32 Å². The van der Waals surface area contributed by atoms with Gasteiger partial charge in [-0.05, 0) is 50.2 Å². The van der Waals surface area contributed by atoms with Gasteiger partial charge in [-0.1, -0.05) is 24.3 Å². The second kappa shape index (κ2) is 5.62. The molecule has 0 amide bonds. The largest absolute Gasteiger partial charge is 0.309 e. The van der Waals surface area contributed by atoms with Gasteiger partial charge >= 0.3 is 0 Å². The Morgan fingerprint density at radius 1 is 1.05 bits per heavy atom. The maximum atomic E-state index is 4.57. The Bertz CT molecular complexity index is 780. The van der Waals surface area contributed by atoms with Crippen molar-refractivity contribution in [1.29, 1.82) is 0 Å². The van der Waals surface area contributed by atoms with Gasteiger partial charge in [-0.3, -0.25) is 9.97 Å². The van der Waals surface area contributed by atoms with E-state index in [1.165, 1.54) is 11.1 Å². The molecule has 0 radical (unpaired) electrons. The van der Waals surface area contributed by atoms with Crippen molar-refractivity contribution in [3.63, 3.8) is 0 Å². The first-order valence-electron chi connectivity index (χ1n) is 7.15. The number of rotatable bonds is 3. The molecule has 1 N–H and O–H groups in total. The van der Waals surface area contributed by atoms with Crippen LogP contribution in [0.15, 0.2) is 48.7 Å². The zero-order valence-corrected chi connectivity index (χ0v) is 12.6. The number of hydrogen-bond acceptors (Lipinski definition) is 3. The van der Waals surface area contributed by atoms with E-state index in [1.54, 1.807) is 0 Å². The smallest absolute Gasteiger partial charge is 0.0705 e. The molecular weight excluding hydrogens is 258 g/mol. The molecular formula is C18H19N3. The Morgan fingerprint density at radius 2 is 1.90 bits per heavy atom. The highest BCUT2D eigenvalue weighted by atomic mass is 14.9. The minimum Gasteiger partial charge on any atom is -0.309 e. The van der Waals surface area contributed by atoms with Crippen LogP contribution in [0, 0.1) is 13.8 Å². The second-order valence-corrected chi connectivity index (χ2v) is 5.30. The average molecular weight is 277 g/mol. The first kappa shape index (κ1) is 13.7. The molecule has 0 aliphatic heterocycles. The van der Waals surface area contributed by atoms with Crippen LogP contribution in [0.25, 0.3) is 10.9 Å². The lowest BCUT2D eigenvalue weighted by atomic mass is 9.96. The summed E-state index contributed by atoms with van der Waals surface area (Å²) in [4.78, 5) is 9.02. The summed E-state index contributed by atoms with van der Waals surface area (Å²) in [5, 5.41) is 4.55. The topological polar surface area (TPSA) is 37.8 Å². The fourth-order valence-electron chi connectivity index (χ4n) is 2.77. The third kappa shape index (κ3) is 2.65. The Labute approximate surface area is 125 Å². The van der Waals surface area contributed by atoms with Crippen molar-refractivity contribution < 1.29 is 0 Å². The summed E-state index contributed by atoms with van der Waals surface area (Å²) in [6.07, 6.45) is 1.83. The molecule has 3 rings (SSSR count). The third-order valence-electron chi connectivity index (χ3n) is 3.83. The standard InChI is InChI=1S/C18H19N3/c1-12-6-9-16(13(2)21-12)18(19-3)15-8-7-14-5-4-10-20-17(14)11-15/h4-11,18-19H,1-3H3. The number of hydrogen-bond donors (Lipinski definition) is 1. The van der Waals surface area contributed by atoms with Crippen molar-refractivity contribution in [1.82, 2.24) is 15.3 Å². The van der Waals surface area contributed by atoms with Crippen LogP contribution in [0.5, 0.6) is 0 Å². The second-order valence-electron chi connectivity index (χ2n) is 5.30. The van der Waals surface area contributed by atoms with Crippen LogP contribution >= 0.6 is 0 Å². The predicted molar refractivity (Wildman–Crippen MR) is 86.4 cm³/mol. The summed E-state index contributed by atoms with van der Waals surface area (Å²) < 4.78 is 0. The Hall–Kier alpha value is -2.26. The van der Waals surface area contributed by atoms with E-state index in [1.807, 2.05) is 26.2 Å². The minimum atomic E-state index is 0.129. The zero-order valence-electron chi connectivity index (χ0n) is 12.6. The zero-order chi connectivity index (χ0) is 14.8. The lowest BCUT2D eigenvalue weighted by molar-refractivity contribution is 0.683. The molecule has 0 aliphatic rings. The summed E-state index contributed by atoms with van der Waals surface area (Å²) >= 11 is 0. The van der Waals surface area contributed by atoms with Crippen LogP contribution in [-0.4, -0.2) is 17.0 Å². The average Bonchev–Trinajstić information content (AvgIpc) is 2.50. The van der Waals surface area contributed by atoms with Gasteiger partial charge in [0, 0.05) is 23.0 Å². The summed E-state index contributed by atoms with van der Waals surface area (Å²) in [6, 6.07) is 14.8. The monoisotopic (exact) mass is 277 g/mol. The van der Waals surface area contributed by atoms with Gasteiger partial charge in [0.15, 0.2) is 0 Å². The first-order chi connectivity index (χ1) is 10.2. The fourth-order valence-corrected chi connectivity index (χ4v) is 2.77. The normalized spacial score (nSPS) is 12.5. The van der Waals surface area contributed by atoms with Crippen LogP contribution in [0.2, 0.25) is 0 Å². The van der Waals surface area contributed by atoms with E-state index in [2.05, 4.69) is 58.6 Å². The van der Waals surface area contributed by atoms with Crippen LogP contribution in [0.3, 0.4) is 0 Å². The van der Waals surface area contributed by atoms with Crippen molar-refractivity contribution in [2.75, 3.05) is 7.05 Å². The molecule has 0 bridgehead atoms. The van der Waals surface area contributed by atoms with Crippen molar-refractivity contribution in [3.05, 3.63) is 71.2 Å². The number of benzene rings is 1. The molecule has 2 aromatic heterocycles. The van der Waals surface area contributed by atoms with Gasteiger partial charge in [-0.15, -0.1) is 0 Å². The highest BCUT2D eigenvalue weighted by Gasteiger charge is 2.15. The number of nitrogens with zero attached hydrogens (tertiary/aromatic N) is 2. The van der Waals surface area contributed by atoms with Crippen LogP contribution in [-0.2, 0) is 0 Å². The fraction of sp³-hybridized carbons (Fsp3) is 0.222.